The normalized spacial score (nSPS) is 11.5. The highest BCUT2D eigenvalue weighted by molar-refractivity contribution is 5.90. The molecule has 4 aromatic rings. The van der Waals surface area contributed by atoms with Gasteiger partial charge in [-0.3, -0.25) is 4.79 Å². The van der Waals surface area contributed by atoms with Gasteiger partial charge in [-0.15, -0.1) is 5.10 Å². The van der Waals surface area contributed by atoms with Gasteiger partial charge in [0.15, 0.2) is 0 Å². The van der Waals surface area contributed by atoms with E-state index in [4.69, 9.17) is 0 Å². The second-order valence-electron chi connectivity index (χ2n) is 5.34. The third kappa shape index (κ3) is 2.74. The first kappa shape index (κ1) is 14.1. The van der Waals surface area contributed by atoms with Crippen molar-refractivity contribution in [3.8, 4) is 0 Å². The van der Waals surface area contributed by atoms with Crippen LogP contribution in [-0.4, -0.2) is 32.1 Å². The fraction of sp³-hybridized carbons (Fsp3) is 0.0588. The highest BCUT2D eigenvalue weighted by Crippen LogP contribution is 2.13. The molecule has 0 saturated heterocycles. The van der Waals surface area contributed by atoms with Crippen LogP contribution in [-0.2, 0) is 11.3 Å². The summed E-state index contributed by atoms with van der Waals surface area (Å²) in [7, 11) is 0. The molecule has 2 aromatic carbocycles. The van der Waals surface area contributed by atoms with Gasteiger partial charge in [0.2, 0.25) is 0 Å². The van der Waals surface area contributed by atoms with Gasteiger partial charge in [0.05, 0.1) is 17.4 Å². The maximum atomic E-state index is 12.0. The molecular formula is C17H14N6O. The van der Waals surface area contributed by atoms with Crippen LogP contribution in [0.25, 0.3) is 21.9 Å². The Kier molecular flexibility index (Phi) is 3.51. The van der Waals surface area contributed by atoms with E-state index in [1.54, 1.807) is 10.9 Å². The van der Waals surface area contributed by atoms with Gasteiger partial charge in [0.25, 0.3) is 5.91 Å². The summed E-state index contributed by atoms with van der Waals surface area (Å²) < 4.78 is 1.54. The third-order valence-electron chi connectivity index (χ3n) is 3.66. The van der Waals surface area contributed by atoms with E-state index in [2.05, 4.69) is 25.8 Å². The summed E-state index contributed by atoms with van der Waals surface area (Å²) in [5, 5.41) is 13.1. The lowest BCUT2D eigenvalue weighted by Crippen LogP contribution is -2.23. The van der Waals surface area contributed by atoms with Crippen LogP contribution in [0.4, 0.5) is 0 Å². The number of rotatable bonds is 4. The lowest BCUT2D eigenvalue weighted by atomic mass is 10.2. The molecular weight excluding hydrogens is 304 g/mol. The molecule has 118 valence electrons. The van der Waals surface area contributed by atoms with Gasteiger partial charge in [-0.05, 0) is 24.3 Å². The van der Waals surface area contributed by atoms with Gasteiger partial charge in [0.1, 0.15) is 12.1 Å². The number of amides is 1. The summed E-state index contributed by atoms with van der Waals surface area (Å²) in [4.78, 5) is 15.2. The zero-order chi connectivity index (χ0) is 16.4. The van der Waals surface area contributed by atoms with Crippen LogP contribution in [0, 0.1) is 0 Å². The van der Waals surface area contributed by atoms with Gasteiger partial charge < -0.3 is 4.98 Å². The number of aromatic nitrogens is 4. The number of hydrogen-bond acceptors (Lipinski definition) is 4. The van der Waals surface area contributed by atoms with Crippen molar-refractivity contribution in [2.75, 3.05) is 0 Å². The van der Waals surface area contributed by atoms with Crippen LogP contribution in [0.2, 0.25) is 0 Å². The minimum atomic E-state index is -0.266. The average molecular weight is 318 g/mol. The zero-order valence-electron chi connectivity index (χ0n) is 12.7. The predicted octanol–water partition coefficient (Wildman–Crippen LogP) is 2.06. The Morgan fingerprint density at radius 1 is 1.21 bits per heavy atom. The number of nitrogens with one attached hydrogen (secondary N) is 2. The fourth-order valence-electron chi connectivity index (χ4n) is 2.54. The molecule has 0 radical (unpaired) electrons. The number of nitrogens with zero attached hydrogens (tertiary/aromatic N) is 4. The number of hydrogen-bond donors (Lipinski definition) is 2. The fourth-order valence-corrected chi connectivity index (χ4v) is 2.54. The molecule has 0 fully saturated rings. The van der Waals surface area contributed by atoms with Crippen molar-refractivity contribution in [3.05, 3.63) is 60.3 Å². The quantitative estimate of drug-likeness (QED) is 0.446. The number of benzene rings is 2. The average Bonchev–Trinajstić information content (AvgIpc) is 3.19. The van der Waals surface area contributed by atoms with Crippen molar-refractivity contribution in [1.82, 2.24) is 25.4 Å². The van der Waals surface area contributed by atoms with Crippen molar-refractivity contribution < 1.29 is 4.79 Å². The molecule has 0 aliphatic heterocycles. The molecule has 0 bridgehead atoms. The maximum Gasteiger partial charge on any atom is 0.261 e. The Balaban J connectivity index is 1.42. The van der Waals surface area contributed by atoms with Crippen LogP contribution in [0.3, 0.4) is 0 Å². The second-order valence-corrected chi connectivity index (χ2v) is 5.34. The molecule has 7 nitrogen and oxygen atoms in total. The van der Waals surface area contributed by atoms with Gasteiger partial charge in [0, 0.05) is 10.9 Å². The summed E-state index contributed by atoms with van der Waals surface area (Å²) in [6, 6.07) is 17.4. The Bertz CT molecular complexity index is 1010. The Hall–Kier alpha value is -3.48. The molecule has 2 aromatic heterocycles. The van der Waals surface area contributed by atoms with E-state index >= 15 is 0 Å². The first-order chi connectivity index (χ1) is 11.8. The molecule has 0 aliphatic rings. The Labute approximate surface area is 137 Å². The minimum absolute atomic E-state index is 0.0601. The molecule has 4 rings (SSSR count). The van der Waals surface area contributed by atoms with Crippen molar-refractivity contribution in [2.45, 2.75) is 6.54 Å². The molecule has 0 atom stereocenters. The number of H-pyrrole nitrogens is 1. The van der Waals surface area contributed by atoms with E-state index < -0.39 is 0 Å². The van der Waals surface area contributed by atoms with Gasteiger partial charge in [-0.25, -0.2) is 10.1 Å². The molecule has 1 amide bonds. The van der Waals surface area contributed by atoms with E-state index in [0.717, 1.165) is 27.6 Å². The summed E-state index contributed by atoms with van der Waals surface area (Å²) in [6.07, 6.45) is 1.58. The molecule has 0 unspecified atom stereocenters. The Morgan fingerprint density at radius 2 is 2.04 bits per heavy atom. The summed E-state index contributed by atoms with van der Waals surface area (Å²) in [5.41, 5.74) is 5.92. The van der Waals surface area contributed by atoms with Crippen LogP contribution in [0.1, 0.15) is 5.69 Å². The highest BCUT2D eigenvalue weighted by atomic mass is 16.2. The lowest BCUT2D eigenvalue weighted by Gasteiger charge is -2.00. The van der Waals surface area contributed by atoms with E-state index in [9.17, 15) is 4.79 Å². The minimum Gasteiger partial charge on any atom is -0.354 e. The third-order valence-corrected chi connectivity index (χ3v) is 3.66. The van der Waals surface area contributed by atoms with Crippen molar-refractivity contribution in [2.24, 2.45) is 5.10 Å². The molecule has 2 N–H and O–H groups in total. The molecule has 2 heterocycles. The number of aromatic amines is 1. The smallest absolute Gasteiger partial charge is 0.261 e. The Morgan fingerprint density at radius 3 is 2.96 bits per heavy atom. The van der Waals surface area contributed by atoms with E-state index in [-0.39, 0.29) is 12.5 Å². The molecule has 0 spiro atoms. The van der Waals surface area contributed by atoms with E-state index in [1.807, 2.05) is 54.6 Å². The van der Waals surface area contributed by atoms with E-state index in [0.29, 0.717) is 0 Å². The number of carbonyl (C=O) groups excluding carboxylic acids is 1. The maximum absolute atomic E-state index is 12.0. The number of carbonyl (C=O) groups is 1. The highest BCUT2D eigenvalue weighted by Gasteiger charge is 2.07. The summed E-state index contributed by atoms with van der Waals surface area (Å²) >= 11 is 0. The van der Waals surface area contributed by atoms with Crippen LogP contribution < -0.4 is 5.43 Å². The van der Waals surface area contributed by atoms with Crippen LogP contribution >= 0.6 is 0 Å². The van der Waals surface area contributed by atoms with Gasteiger partial charge in [-0.2, -0.15) is 5.10 Å². The monoisotopic (exact) mass is 318 g/mol. The second kappa shape index (κ2) is 5.96. The zero-order valence-corrected chi connectivity index (χ0v) is 12.7. The summed E-state index contributed by atoms with van der Waals surface area (Å²) in [6.45, 7) is 0.0601. The van der Waals surface area contributed by atoms with Crippen molar-refractivity contribution >= 4 is 34.1 Å². The molecule has 7 heteroatoms. The number of hydrazone groups is 1. The number of para-hydroxylation sites is 2. The summed E-state index contributed by atoms with van der Waals surface area (Å²) in [5.74, 6) is -0.266. The lowest BCUT2D eigenvalue weighted by molar-refractivity contribution is -0.121. The largest absolute Gasteiger partial charge is 0.354 e. The molecule has 0 saturated carbocycles. The van der Waals surface area contributed by atoms with E-state index in [1.165, 1.54) is 0 Å². The first-order valence-corrected chi connectivity index (χ1v) is 7.47. The topological polar surface area (TPSA) is 88.0 Å². The number of fused-ring (bicyclic) bond motifs is 2. The molecule has 24 heavy (non-hydrogen) atoms. The first-order valence-electron chi connectivity index (χ1n) is 7.47. The van der Waals surface area contributed by atoms with Gasteiger partial charge >= 0.3 is 0 Å². The van der Waals surface area contributed by atoms with Crippen molar-refractivity contribution in [1.29, 1.82) is 0 Å². The van der Waals surface area contributed by atoms with Crippen molar-refractivity contribution in [3.63, 3.8) is 0 Å². The SMILES string of the molecule is O=C(Cn1nnc2ccccc21)N/N=C/c1cc2ccccc2[nH]1. The molecule has 0 aliphatic carbocycles. The van der Waals surface area contributed by atoms with Crippen LogP contribution in [0.15, 0.2) is 59.7 Å². The predicted molar refractivity (Wildman–Crippen MR) is 91.6 cm³/mol. The van der Waals surface area contributed by atoms with Crippen LogP contribution in [0.5, 0.6) is 0 Å². The van der Waals surface area contributed by atoms with Gasteiger partial charge in [-0.1, -0.05) is 35.5 Å². The standard InChI is InChI=1S/C17H14N6O/c24-17(11-23-16-8-4-3-7-15(16)20-22-23)21-18-10-13-9-12-5-1-2-6-14(12)19-13/h1-10,19H,11H2,(H,21,24)/b18-10+.